The number of esters is 1. The minimum absolute atomic E-state index is 0.169. The number of aliphatic hydroxyl groups is 1. The number of cyclic esters (lactones) is 1. The Kier molecular flexibility index (Phi) is 6.76. The van der Waals surface area contributed by atoms with E-state index in [1.54, 1.807) is 11.8 Å². The molecule has 2 amide bonds. The van der Waals surface area contributed by atoms with Crippen LogP contribution in [0.3, 0.4) is 0 Å². The first-order chi connectivity index (χ1) is 18.1. The van der Waals surface area contributed by atoms with Gasteiger partial charge in [-0.3, -0.25) is 14.4 Å². The molecule has 8 heteroatoms. The summed E-state index contributed by atoms with van der Waals surface area (Å²) in [6, 6.07) is 4.24. The van der Waals surface area contributed by atoms with Crippen LogP contribution in [0.4, 0.5) is 5.69 Å². The van der Waals surface area contributed by atoms with Crippen molar-refractivity contribution in [2.45, 2.75) is 70.7 Å². The van der Waals surface area contributed by atoms with Crippen molar-refractivity contribution in [3.05, 3.63) is 53.6 Å². The molecule has 204 valence electrons. The number of likely N-dealkylation sites (tertiary alicyclic amines) is 1. The number of para-hydroxylation sites is 1. The predicted molar refractivity (Wildman–Crippen MR) is 142 cm³/mol. The molecule has 2 saturated heterocycles. The zero-order valence-corrected chi connectivity index (χ0v) is 22.8. The number of hydrogen-bond donors (Lipinski definition) is 1. The van der Waals surface area contributed by atoms with Crippen molar-refractivity contribution in [2.24, 2.45) is 17.8 Å². The standard InChI is InChI=1S/C30H38N2O6/c1-18(2)16-21(17-33)32-25-27(35)31(24-19(3)10-8-11-20(24)4)14-9-13-30(25)22(26(32)34)23-28(36)37-15-7-6-12-29(23,5)38-30/h6,8-13,18,21-23,25,33H,7,14-17H2,1-5H3/t21-,22+,23-,25?,29+,30+/m1/s1. The Morgan fingerprint density at radius 1 is 1.05 bits per heavy atom. The van der Waals surface area contributed by atoms with Gasteiger partial charge in [-0.15, -0.1) is 0 Å². The number of fused-ring (bicyclic) bond motifs is 2. The Hall–Kier alpha value is -2.97. The van der Waals surface area contributed by atoms with Crippen LogP contribution < -0.4 is 4.90 Å². The number of benzene rings is 1. The molecule has 5 rings (SSSR count). The lowest BCUT2D eigenvalue weighted by atomic mass is 9.74. The van der Waals surface area contributed by atoms with Crippen molar-refractivity contribution >= 4 is 23.5 Å². The van der Waals surface area contributed by atoms with Crippen LogP contribution >= 0.6 is 0 Å². The lowest BCUT2D eigenvalue weighted by molar-refractivity contribution is -0.160. The van der Waals surface area contributed by atoms with Gasteiger partial charge in [0.25, 0.3) is 5.91 Å². The lowest BCUT2D eigenvalue weighted by Crippen LogP contribution is -2.59. The van der Waals surface area contributed by atoms with Gasteiger partial charge in [-0.25, -0.2) is 0 Å². The fourth-order valence-corrected chi connectivity index (χ4v) is 7.07. The van der Waals surface area contributed by atoms with E-state index in [-0.39, 0.29) is 30.9 Å². The fraction of sp³-hybridized carbons (Fsp3) is 0.567. The second-order valence-electron chi connectivity index (χ2n) is 11.7. The molecule has 0 aliphatic carbocycles. The van der Waals surface area contributed by atoms with E-state index in [4.69, 9.17) is 9.47 Å². The molecule has 6 atom stereocenters. The number of amides is 2. The average molecular weight is 523 g/mol. The highest BCUT2D eigenvalue weighted by atomic mass is 16.6. The molecule has 38 heavy (non-hydrogen) atoms. The Morgan fingerprint density at radius 2 is 1.76 bits per heavy atom. The number of hydrogen-bond acceptors (Lipinski definition) is 6. The molecule has 0 aromatic heterocycles. The third kappa shape index (κ3) is 3.92. The van der Waals surface area contributed by atoms with Crippen molar-refractivity contribution in [2.75, 3.05) is 24.7 Å². The van der Waals surface area contributed by atoms with Gasteiger partial charge in [-0.2, -0.15) is 0 Å². The van der Waals surface area contributed by atoms with E-state index >= 15 is 0 Å². The number of aryl methyl sites for hydroxylation is 2. The maximum absolute atomic E-state index is 14.7. The highest BCUT2D eigenvalue weighted by Crippen LogP contribution is 2.58. The molecule has 1 spiro atoms. The molecule has 8 nitrogen and oxygen atoms in total. The summed E-state index contributed by atoms with van der Waals surface area (Å²) >= 11 is 0. The van der Waals surface area contributed by atoms with Crippen molar-refractivity contribution in [3.8, 4) is 0 Å². The Labute approximate surface area is 224 Å². The van der Waals surface area contributed by atoms with E-state index in [1.807, 2.05) is 70.2 Å². The van der Waals surface area contributed by atoms with Crippen LogP contribution in [0.25, 0.3) is 0 Å². The molecular formula is C30H38N2O6. The number of nitrogens with zero attached hydrogens (tertiary/aromatic N) is 2. The van der Waals surface area contributed by atoms with Gasteiger partial charge in [0.2, 0.25) is 5.91 Å². The van der Waals surface area contributed by atoms with Crippen molar-refractivity contribution in [1.29, 1.82) is 0 Å². The van der Waals surface area contributed by atoms with Gasteiger partial charge in [-0.05, 0) is 50.7 Å². The van der Waals surface area contributed by atoms with Crippen molar-refractivity contribution < 1.29 is 29.0 Å². The monoisotopic (exact) mass is 522 g/mol. The molecule has 4 heterocycles. The molecule has 1 aromatic carbocycles. The lowest BCUT2D eigenvalue weighted by Gasteiger charge is -2.41. The van der Waals surface area contributed by atoms with E-state index in [9.17, 15) is 19.5 Å². The summed E-state index contributed by atoms with van der Waals surface area (Å²) < 4.78 is 12.4. The largest absolute Gasteiger partial charge is 0.465 e. The zero-order chi connectivity index (χ0) is 27.4. The molecule has 4 aliphatic rings. The first kappa shape index (κ1) is 26.6. The molecule has 1 aromatic rings. The normalized spacial score (nSPS) is 33.4. The predicted octanol–water partition coefficient (Wildman–Crippen LogP) is 3.09. The average Bonchev–Trinajstić information content (AvgIpc) is 3.17. The van der Waals surface area contributed by atoms with Gasteiger partial charge in [0, 0.05) is 12.2 Å². The number of anilines is 1. The molecule has 0 bridgehead atoms. The summed E-state index contributed by atoms with van der Waals surface area (Å²) in [6.45, 7) is 9.99. The van der Waals surface area contributed by atoms with E-state index in [0.29, 0.717) is 19.4 Å². The number of aliphatic hydroxyl groups excluding tert-OH is 1. The summed E-state index contributed by atoms with van der Waals surface area (Å²) in [5.41, 5.74) is 0.200. The maximum Gasteiger partial charge on any atom is 0.313 e. The first-order valence-corrected chi connectivity index (χ1v) is 13.6. The summed E-state index contributed by atoms with van der Waals surface area (Å²) in [5.74, 6) is -2.82. The zero-order valence-electron chi connectivity index (χ0n) is 22.8. The smallest absolute Gasteiger partial charge is 0.313 e. The van der Waals surface area contributed by atoms with Gasteiger partial charge >= 0.3 is 5.97 Å². The fourth-order valence-electron chi connectivity index (χ4n) is 7.07. The van der Waals surface area contributed by atoms with Crippen LogP contribution in [0, 0.1) is 31.6 Å². The van der Waals surface area contributed by atoms with E-state index in [0.717, 1.165) is 16.8 Å². The van der Waals surface area contributed by atoms with Crippen LogP contribution in [0.1, 0.15) is 44.7 Å². The quantitative estimate of drug-likeness (QED) is 0.472. The van der Waals surface area contributed by atoms with E-state index < -0.39 is 41.1 Å². The van der Waals surface area contributed by atoms with Crippen molar-refractivity contribution in [3.63, 3.8) is 0 Å². The van der Waals surface area contributed by atoms with Gasteiger partial charge < -0.3 is 24.4 Å². The summed E-state index contributed by atoms with van der Waals surface area (Å²) in [6.07, 6.45) is 8.52. The number of rotatable bonds is 5. The molecule has 1 N–H and O–H groups in total. The van der Waals surface area contributed by atoms with E-state index in [1.165, 1.54) is 4.90 Å². The molecule has 1 unspecified atom stereocenters. The Balaban J connectivity index is 1.70. The van der Waals surface area contributed by atoms with E-state index in [2.05, 4.69) is 0 Å². The summed E-state index contributed by atoms with van der Waals surface area (Å²) in [7, 11) is 0. The third-order valence-corrected chi connectivity index (χ3v) is 8.51. The van der Waals surface area contributed by atoms with Gasteiger partial charge in [-0.1, -0.05) is 56.4 Å². The molecule has 2 fully saturated rings. The van der Waals surface area contributed by atoms with Crippen LogP contribution in [-0.2, 0) is 23.9 Å². The van der Waals surface area contributed by atoms with Gasteiger partial charge in [0.15, 0.2) is 0 Å². The minimum Gasteiger partial charge on any atom is -0.465 e. The van der Waals surface area contributed by atoms with Gasteiger partial charge in [0.1, 0.15) is 17.6 Å². The summed E-state index contributed by atoms with van der Waals surface area (Å²) in [5, 5.41) is 10.5. The molecule has 0 saturated carbocycles. The first-order valence-electron chi connectivity index (χ1n) is 13.6. The van der Waals surface area contributed by atoms with Crippen LogP contribution in [0.15, 0.2) is 42.5 Å². The number of ether oxygens (including phenoxy) is 2. The Bertz CT molecular complexity index is 1190. The summed E-state index contributed by atoms with van der Waals surface area (Å²) in [4.78, 5) is 45.7. The minimum atomic E-state index is -1.38. The topological polar surface area (TPSA) is 96.4 Å². The van der Waals surface area contributed by atoms with Crippen LogP contribution in [-0.4, -0.2) is 70.8 Å². The number of carbonyl (C=O) groups excluding carboxylic acids is 3. The molecule has 0 radical (unpaired) electrons. The number of carbonyl (C=O) groups is 3. The van der Waals surface area contributed by atoms with Crippen LogP contribution in [0.5, 0.6) is 0 Å². The van der Waals surface area contributed by atoms with Crippen LogP contribution in [0.2, 0.25) is 0 Å². The molecular weight excluding hydrogens is 484 g/mol. The second-order valence-corrected chi connectivity index (χ2v) is 11.7. The second kappa shape index (κ2) is 9.65. The SMILES string of the molecule is Cc1cccc(C)c1N1CC=C[C@]23O[C@@]4(C)C=CCCOC(=O)[C@H]4[C@H]2C(=O)N([C@@H](CO)CC(C)C)C3C1=O. The van der Waals surface area contributed by atoms with Gasteiger partial charge in [0.05, 0.1) is 30.8 Å². The maximum atomic E-state index is 14.7. The van der Waals surface area contributed by atoms with Crippen molar-refractivity contribution in [1.82, 2.24) is 4.90 Å². The third-order valence-electron chi connectivity index (χ3n) is 8.51. The highest BCUT2D eigenvalue weighted by Gasteiger charge is 2.75. The highest BCUT2D eigenvalue weighted by molar-refractivity contribution is 6.06. The molecule has 4 aliphatic heterocycles. The Morgan fingerprint density at radius 3 is 2.42 bits per heavy atom.